The number of carbonyl (C=O) groups is 1. The number of benzene rings is 2. The van der Waals surface area contributed by atoms with Crippen LogP contribution in [0.3, 0.4) is 0 Å². The zero-order valence-electron chi connectivity index (χ0n) is 17.2. The molecule has 152 valence electrons. The number of nitrogens with one attached hydrogen (secondary N) is 1. The van der Waals surface area contributed by atoms with Gasteiger partial charge in [0.1, 0.15) is 18.1 Å². The molecule has 7 nitrogen and oxygen atoms in total. The Morgan fingerprint density at radius 2 is 1.69 bits per heavy atom. The number of ether oxygens (including phenoxy) is 3. The van der Waals surface area contributed by atoms with Crippen LogP contribution in [-0.4, -0.2) is 25.3 Å². The summed E-state index contributed by atoms with van der Waals surface area (Å²) in [6.45, 7) is 5.97. The lowest BCUT2D eigenvalue weighted by molar-refractivity contribution is 0.102. The maximum Gasteiger partial charge on any atom is 0.255 e. The summed E-state index contributed by atoms with van der Waals surface area (Å²) in [6, 6.07) is 10.5. The molecule has 0 saturated carbocycles. The third kappa shape index (κ3) is 4.51. The lowest BCUT2D eigenvalue weighted by Gasteiger charge is -2.14. The minimum atomic E-state index is -0.224. The number of hydrogen-bond acceptors (Lipinski definition) is 6. The Morgan fingerprint density at radius 1 is 1.03 bits per heavy atom. The molecule has 1 aromatic heterocycles. The van der Waals surface area contributed by atoms with Crippen LogP contribution >= 0.6 is 0 Å². The molecule has 2 aromatic carbocycles. The fourth-order valence-electron chi connectivity index (χ4n) is 2.88. The zero-order chi connectivity index (χ0) is 21.0. The average Bonchev–Trinajstić information content (AvgIpc) is 3.05. The molecule has 1 heterocycles. The smallest absolute Gasteiger partial charge is 0.255 e. The van der Waals surface area contributed by atoms with Crippen LogP contribution in [0.1, 0.15) is 32.9 Å². The van der Waals surface area contributed by atoms with E-state index in [4.69, 9.17) is 18.7 Å². The number of carbonyl (C=O) groups excluding carboxylic acids is 1. The van der Waals surface area contributed by atoms with Crippen molar-refractivity contribution in [3.05, 3.63) is 64.5 Å². The number of anilines is 1. The molecule has 0 radical (unpaired) electrons. The van der Waals surface area contributed by atoms with Crippen molar-refractivity contribution < 1.29 is 23.5 Å². The highest BCUT2D eigenvalue weighted by Gasteiger charge is 2.13. The summed E-state index contributed by atoms with van der Waals surface area (Å²) < 4.78 is 21.5. The molecule has 1 N–H and O–H groups in total. The van der Waals surface area contributed by atoms with E-state index < -0.39 is 0 Å². The summed E-state index contributed by atoms with van der Waals surface area (Å²) in [7, 11) is 3.13. The first-order valence-electron chi connectivity index (χ1n) is 9.11. The van der Waals surface area contributed by atoms with Gasteiger partial charge in [0.05, 0.1) is 25.5 Å². The van der Waals surface area contributed by atoms with E-state index in [2.05, 4.69) is 10.5 Å². The largest absolute Gasteiger partial charge is 0.493 e. The lowest BCUT2D eigenvalue weighted by atomic mass is 10.1. The van der Waals surface area contributed by atoms with Crippen LogP contribution in [0.4, 0.5) is 5.69 Å². The molecule has 0 atom stereocenters. The van der Waals surface area contributed by atoms with Crippen molar-refractivity contribution in [2.45, 2.75) is 27.4 Å². The molecule has 1 amide bonds. The summed E-state index contributed by atoms with van der Waals surface area (Å²) >= 11 is 0. The molecule has 0 bridgehead atoms. The maximum absolute atomic E-state index is 12.6. The monoisotopic (exact) mass is 396 g/mol. The van der Waals surface area contributed by atoms with E-state index in [9.17, 15) is 4.79 Å². The van der Waals surface area contributed by atoms with Gasteiger partial charge in [-0.2, -0.15) is 0 Å². The summed E-state index contributed by atoms with van der Waals surface area (Å²) in [5, 5.41) is 6.82. The number of rotatable bonds is 7. The van der Waals surface area contributed by atoms with Gasteiger partial charge in [0.2, 0.25) is 0 Å². The number of nitrogens with zero attached hydrogens (tertiary/aromatic N) is 1. The zero-order valence-corrected chi connectivity index (χ0v) is 17.2. The SMILES string of the molecule is COc1cc(C)c(NC(=O)c2ccc(OCc3c(C)noc3C)cc2)cc1OC. The van der Waals surface area contributed by atoms with E-state index in [0.717, 1.165) is 22.6 Å². The molecule has 0 unspecified atom stereocenters. The molecular formula is C22H24N2O5. The Balaban J connectivity index is 1.68. The van der Waals surface area contributed by atoms with Crippen LogP contribution in [0.2, 0.25) is 0 Å². The van der Waals surface area contributed by atoms with Crippen molar-refractivity contribution >= 4 is 11.6 Å². The number of amides is 1. The lowest BCUT2D eigenvalue weighted by Crippen LogP contribution is -2.13. The first-order valence-corrected chi connectivity index (χ1v) is 9.11. The fourth-order valence-corrected chi connectivity index (χ4v) is 2.88. The van der Waals surface area contributed by atoms with E-state index in [1.807, 2.05) is 26.8 Å². The second-order valence-corrected chi connectivity index (χ2v) is 6.59. The van der Waals surface area contributed by atoms with Crippen molar-refractivity contribution in [2.24, 2.45) is 0 Å². The molecular weight excluding hydrogens is 372 g/mol. The van der Waals surface area contributed by atoms with Gasteiger partial charge in [0, 0.05) is 17.3 Å². The van der Waals surface area contributed by atoms with Crippen molar-refractivity contribution in [3.8, 4) is 17.2 Å². The first kappa shape index (κ1) is 20.3. The fraction of sp³-hybridized carbons (Fsp3) is 0.273. The van der Waals surface area contributed by atoms with Gasteiger partial charge in [0.15, 0.2) is 11.5 Å². The predicted molar refractivity (Wildman–Crippen MR) is 109 cm³/mol. The van der Waals surface area contributed by atoms with Crippen LogP contribution in [0, 0.1) is 20.8 Å². The number of aromatic nitrogens is 1. The summed E-state index contributed by atoms with van der Waals surface area (Å²) in [5.41, 5.74) is 3.78. The maximum atomic E-state index is 12.6. The van der Waals surface area contributed by atoms with Crippen LogP contribution < -0.4 is 19.5 Å². The molecule has 7 heteroatoms. The van der Waals surface area contributed by atoms with Gasteiger partial charge in [-0.1, -0.05) is 5.16 Å². The Morgan fingerprint density at radius 3 is 2.28 bits per heavy atom. The molecule has 0 aliphatic rings. The molecule has 0 saturated heterocycles. The molecule has 3 rings (SSSR count). The molecule has 0 aliphatic heterocycles. The Bertz CT molecular complexity index is 989. The number of aryl methyl sites for hydroxylation is 3. The van der Waals surface area contributed by atoms with Gasteiger partial charge in [-0.15, -0.1) is 0 Å². The molecule has 29 heavy (non-hydrogen) atoms. The van der Waals surface area contributed by atoms with E-state index in [0.29, 0.717) is 35.1 Å². The van der Waals surface area contributed by atoms with E-state index >= 15 is 0 Å². The minimum absolute atomic E-state index is 0.224. The van der Waals surface area contributed by atoms with Crippen molar-refractivity contribution in [2.75, 3.05) is 19.5 Å². The number of methoxy groups -OCH3 is 2. The Hall–Kier alpha value is -3.48. The average molecular weight is 396 g/mol. The second-order valence-electron chi connectivity index (χ2n) is 6.59. The minimum Gasteiger partial charge on any atom is -0.493 e. The molecule has 0 spiro atoms. The van der Waals surface area contributed by atoms with Crippen LogP contribution in [-0.2, 0) is 6.61 Å². The van der Waals surface area contributed by atoms with Crippen molar-refractivity contribution in [1.82, 2.24) is 5.16 Å². The van der Waals surface area contributed by atoms with Crippen molar-refractivity contribution in [3.63, 3.8) is 0 Å². The van der Waals surface area contributed by atoms with Gasteiger partial charge < -0.3 is 24.1 Å². The topological polar surface area (TPSA) is 82.8 Å². The van der Waals surface area contributed by atoms with Gasteiger partial charge in [-0.25, -0.2) is 0 Å². The number of hydrogen-bond donors (Lipinski definition) is 1. The summed E-state index contributed by atoms with van der Waals surface area (Å²) in [5.74, 6) is 2.34. The highest BCUT2D eigenvalue weighted by Crippen LogP contribution is 2.33. The van der Waals surface area contributed by atoms with E-state index in [-0.39, 0.29) is 5.91 Å². The second kappa shape index (κ2) is 8.68. The Labute approximate surface area is 169 Å². The molecule has 0 aliphatic carbocycles. The third-order valence-corrected chi connectivity index (χ3v) is 4.66. The van der Waals surface area contributed by atoms with Crippen molar-refractivity contribution in [1.29, 1.82) is 0 Å². The third-order valence-electron chi connectivity index (χ3n) is 4.66. The van der Waals surface area contributed by atoms with Gasteiger partial charge in [0.25, 0.3) is 5.91 Å². The van der Waals surface area contributed by atoms with E-state index in [1.165, 1.54) is 0 Å². The van der Waals surface area contributed by atoms with E-state index in [1.54, 1.807) is 44.6 Å². The standard InChI is InChI=1S/C22H24N2O5/c1-13-10-20(26-4)21(27-5)11-19(13)23-22(25)16-6-8-17(9-7-16)28-12-18-14(2)24-29-15(18)3/h6-11H,12H2,1-5H3,(H,23,25). The summed E-state index contributed by atoms with van der Waals surface area (Å²) in [6.07, 6.45) is 0. The quantitative estimate of drug-likeness (QED) is 0.635. The summed E-state index contributed by atoms with van der Waals surface area (Å²) in [4.78, 5) is 12.6. The normalized spacial score (nSPS) is 10.5. The van der Waals surface area contributed by atoms with Gasteiger partial charge >= 0.3 is 0 Å². The Kier molecular flexibility index (Phi) is 6.07. The first-order chi connectivity index (χ1) is 13.9. The van der Waals surface area contributed by atoms with Crippen LogP contribution in [0.5, 0.6) is 17.2 Å². The predicted octanol–water partition coefficient (Wildman–Crippen LogP) is 4.45. The van der Waals surface area contributed by atoms with Crippen LogP contribution in [0.25, 0.3) is 0 Å². The van der Waals surface area contributed by atoms with Crippen LogP contribution in [0.15, 0.2) is 40.9 Å². The van der Waals surface area contributed by atoms with Gasteiger partial charge in [-0.3, -0.25) is 4.79 Å². The van der Waals surface area contributed by atoms with Gasteiger partial charge in [-0.05, 0) is 56.7 Å². The highest BCUT2D eigenvalue weighted by atomic mass is 16.5. The molecule has 3 aromatic rings. The molecule has 0 fully saturated rings. The highest BCUT2D eigenvalue weighted by molar-refractivity contribution is 6.04.